The fourth-order valence-corrected chi connectivity index (χ4v) is 4.17. The average Bonchev–Trinajstić information content (AvgIpc) is 2.55. The highest BCUT2D eigenvalue weighted by Gasteiger charge is 2.32. The van der Waals surface area contributed by atoms with Gasteiger partial charge in [-0.15, -0.1) is 6.42 Å². The Bertz CT molecular complexity index is 738. The zero-order valence-electron chi connectivity index (χ0n) is 12.3. The molecule has 1 heterocycles. The van der Waals surface area contributed by atoms with E-state index in [2.05, 4.69) is 11.2 Å². The van der Waals surface area contributed by atoms with E-state index in [4.69, 9.17) is 18.0 Å². The minimum Gasteiger partial charge on any atom is -0.345 e. The van der Waals surface area contributed by atoms with Crippen molar-refractivity contribution in [1.82, 2.24) is 9.62 Å². The molecule has 0 unspecified atom stereocenters. The molecule has 1 N–H and O–H groups in total. The maximum Gasteiger partial charge on any atom is 0.243 e. The summed E-state index contributed by atoms with van der Waals surface area (Å²) >= 11 is 5.65. The van der Waals surface area contributed by atoms with Crippen LogP contribution in [0, 0.1) is 24.1 Å². The molecule has 1 fully saturated rings. The van der Waals surface area contributed by atoms with Gasteiger partial charge in [0.2, 0.25) is 15.9 Å². The lowest BCUT2D eigenvalue weighted by atomic mass is 9.97. The van der Waals surface area contributed by atoms with Gasteiger partial charge in [-0.2, -0.15) is 4.31 Å². The second-order valence-corrected chi connectivity index (χ2v) is 7.52. The molecule has 1 saturated heterocycles. The number of sulfonamides is 1. The molecule has 1 aliphatic rings. The van der Waals surface area contributed by atoms with Crippen molar-refractivity contribution < 1.29 is 17.6 Å². The number of carbonyl (C=O) groups excluding carboxylic acids is 1. The lowest BCUT2D eigenvalue weighted by Gasteiger charge is -2.30. The van der Waals surface area contributed by atoms with Crippen LogP contribution in [0.5, 0.6) is 0 Å². The molecule has 8 heteroatoms. The SMILES string of the molecule is C#CCNC(=O)C1CCN(S(=O)(=O)c2ccc(F)c(Cl)c2)CC1. The van der Waals surface area contributed by atoms with E-state index in [1.54, 1.807) is 0 Å². The van der Waals surface area contributed by atoms with E-state index in [0.717, 1.165) is 12.1 Å². The molecule has 124 valence electrons. The third-order valence-corrected chi connectivity index (χ3v) is 5.90. The van der Waals surface area contributed by atoms with Crippen LogP contribution in [-0.2, 0) is 14.8 Å². The van der Waals surface area contributed by atoms with Crippen LogP contribution in [0.3, 0.4) is 0 Å². The number of rotatable bonds is 4. The van der Waals surface area contributed by atoms with Crippen LogP contribution in [0.4, 0.5) is 4.39 Å². The Kier molecular flexibility index (Phi) is 5.63. The topological polar surface area (TPSA) is 66.5 Å². The Morgan fingerprint density at radius 2 is 2.09 bits per heavy atom. The van der Waals surface area contributed by atoms with Crippen molar-refractivity contribution in [3.8, 4) is 12.3 Å². The van der Waals surface area contributed by atoms with Gasteiger partial charge in [0.05, 0.1) is 16.5 Å². The lowest BCUT2D eigenvalue weighted by Crippen LogP contribution is -2.43. The van der Waals surface area contributed by atoms with Crippen LogP contribution in [-0.4, -0.2) is 38.3 Å². The number of hydrogen-bond acceptors (Lipinski definition) is 3. The summed E-state index contributed by atoms with van der Waals surface area (Å²) in [6, 6.07) is 3.30. The zero-order chi connectivity index (χ0) is 17.0. The maximum atomic E-state index is 13.2. The summed E-state index contributed by atoms with van der Waals surface area (Å²) in [6.07, 6.45) is 5.90. The number of amides is 1. The fraction of sp³-hybridized carbons (Fsp3) is 0.400. The van der Waals surface area contributed by atoms with E-state index in [1.165, 1.54) is 10.4 Å². The molecule has 1 aliphatic heterocycles. The van der Waals surface area contributed by atoms with Gasteiger partial charge in [-0.1, -0.05) is 17.5 Å². The predicted octanol–water partition coefficient (Wildman–Crippen LogP) is 1.63. The highest BCUT2D eigenvalue weighted by atomic mass is 35.5. The number of nitrogens with one attached hydrogen (secondary N) is 1. The van der Waals surface area contributed by atoms with Gasteiger partial charge in [0, 0.05) is 19.0 Å². The molecule has 5 nitrogen and oxygen atoms in total. The summed E-state index contributed by atoms with van der Waals surface area (Å²) in [7, 11) is -3.75. The number of nitrogens with zero attached hydrogens (tertiary/aromatic N) is 1. The minimum absolute atomic E-state index is 0.0564. The molecule has 2 rings (SSSR count). The maximum absolute atomic E-state index is 13.2. The van der Waals surface area contributed by atoms with Crippen LogP contribution < -0.4 is 5.32 Å². The Morgan fingerprint density at radius 3 is 2.65 bits per heavy atom. The quantitative estimate of drug-likeness (QED) is 0.832. The average molecular weight is 359 g/mol. The standard InChI is InChI=1S/C15H16ClFN2O3S/c1-2-7-18-15(20)11-5-8-19(9-6-11)23(21,22)12-3-4-14(17)13(16)10-12/h1,3-4,10-11H,5-9H2,(H,18,20). The van der Waals surface area contributed by atoms with E-state index in [1.807, 2.05) is 0 Å². The summed E-state index contributed by atoms with van der Waals surface area (Å²) in [4.78, 5) is 11.8. The van der Waals surface area contributed by atoms with Crippen LogP contribution in [0.1, 0.15) is 12.8 Å². The number of terminal acetylenes is 1. The molecule has 0 saturated carbocycles. The van der Waals surface area contributed by atoms with Crippen molar-refractivity contribution in [2.75, 3.05) is 19.6 Å². The fourth-order valence-electron chi connectivity index (χ4n) is 2.43. The van der Waals surface area contributed by atoms with Crippen LogP contribution >= 0.6 is 11.6 Å². The van der Waals surface area contributed by atoms with Crippen molar-refractivity contribution in [2.24, 2.45) is 5.92 Å². The van der Waals surface area contributed by atoms with Crippen molar-refractivity contribution in [3.05, 3.63) is 29.0 Å². The number of halogens is 2. The first kappa shape index (κ1) is 17.7. The molecule has 1 aromatic rings. The monoisotopic (exact) mass is 358 g/mol. The van der Waals surface area contributed by atoms with E-state index in [0.29, 0.717) is 12.8 Å². The molecule has 0 spiro atoms. The molecule has 0 bridgehead atoms. The summed E-state index contributed by atoms with van der Waals surface area (Å²) in [5.74, 6) is 1.23. The van der Waals surface area contributed by atoms with Crippen molar-refractivity contribution in [3.63, 3.8) is 0 Å². The van der Waals surface area contributed by atoms with Gasteiger partial charge in [0.25, 0.3) is 0 Å². The Hall–Kier alpha value is -1.62. The van der Waals surface area contributed by atoms with Gasteiger partial charge in [0.15, 0.2) is 0 Å². The number of benzene rings is 1. The predicted molar refractivity (Wildman–Crippen MR) is 84.7 cm³/mol. The second-order valence-electron chi connectivity index (χ2n) is 5.18. The molecule has 0 radical (unpaired) electrons. The van der Waals surface area contributed by atoms with Gasteiger partial charge in [0.1, 0.15) is 5.82 Å². The third kappa shape index (κ3) is 4.02. The number of piperidine rings is 1. The summed E-state index contributed by atoms with van der Waals surface area (Å²) in [5, 5.41) is 2.36. The molecule has 1 amide bonds. The number of carbonyl (C=O) groups is 1. The van der Waals surface area contributed by atoms with Crippen molar-refractivity contribution in [1.29, 1.82) is 0 Å². The van der Waals surface area contributed by atoms with E-state index >= 15 is 0 Å². The van der Waals surface area contributed by atoms with E-state index in [-0.39, 0.29) is 41.4 Å². The minimum atomic E-state index is -3.75. The van der Waals surface area contributed by atoms with Crippen LogP contribution in [0.2, 0.25) is 5.02 Å². The molecule has 0 aromatic heterocycles. The third-order valence-electron chi connectivity index (χ3n) is 3.72. The molecular weight excluding hydrogens is 343 g/mol. The van der Waals surface area contributed by atoms with Crippen LogP contribution in [0.25, 0.3) is 0 Å². The smallest absolute Gasteiger partial charge is 0.243 e. The van der Waals surface area contributed by atoms with Crippen molar-refractivity contribution >= 4 is 27.5 Å². The number of hydrogen-bond donors (Lipinski definition) is 1. The Balaban J connectivity index is 2.05. The first-order valence-corrected chi connectivity index (χ1v) is 8.84. The first-order valence-electron chi connectivity index (χ1n) is 7.02. The van der Waals surface area contributed by atoms with Gasteiger partial charge < -0.3 is 5.32 Å². The lowest BCUT2D eigenvalue weighted by molar-refractivity contribution is -0.125. The normalized spacial score (nSPS) is 16.7. The van der Waals surface area contributed by atoms with Gasteiger partial charge in [-0.3, -0.25) is 4.79 Å². The van der Waals surface area contributed by atoms with Crippen molar-refractivity contribution in [2.45, 2.75) is 17.7 Å². The largest absolute Gasteiger partial charge is 0.345 e. The van der Waals surface area contributed by atoms with Gasteiger partial charge in [-0.25, -0.2) is 12.8 Å². The second kappa shape index (κ2) is 7.30. The van der Waals surface area contributed by atoms with Crippen LogP contribution in [0.15, 0.2) is 23.1 Å². The summed E-state index contributed by atoms with van der Waals surface area (Å²) in [6.45, 7) is 0.586. The van der Waals surface area contributed by atoms with Gasteiger partial charge >= 0.3 is 0 Å². The van der Waals surface area contributed by atoms with E-state index in [9.17, 15) is 17.6 Å². The summed E-state index contributed by atoms with van der Waals surface area (Å²) < 4.78 is 39.5. The first-order chi connectivity index (χ1) is 10.9. The molecule has 1 aromatic carbocycles. The molecule has 23 heavy (non-hydrogen) atoms. The highest BCUT2D eigenvalue weighted by molar-refractivity contribution is 7.89. The van der Waals surface area contributed by atoms with Gasteiger partial charge in [-0.05, 0) is 31.0 Å². The zero-order valence-corrected chi connectivity index (χ0v) is 13.8. The summed E-state index contributed by atoms with van der Waals surface area (Å²) in [5.41, 5.74) is 0. The highest BCUT2D eigenvalue weighted by Crippen LogP contribution is 2.26. The molecule has 0 atom stereocenters. The van der Waals surface area contributed by atoms with E-state index < -0.39 is 15.8 Å². The molecule has 0 aliphatic carbocycles. The Labute approximate surface area is 139 Å². The molecular formula is C15H16ClFN2O3S. The Morgan fingerprint density at radius 1 is 1.43 bits per heavy atom.